The Kier molecular flexibility index (Phi) is 21.9. The van der Waals surface area contributed by atoms with Crippen LogP contribution >= 0.6 is 0 Å². The van der Waals surface area contributed by atoms with Gasteiger partial charge < -0.3 is 0 Å². The Morgan fingerprint density at radius 3 is 1.29 bits per heavy atom. The lowest BCUT2D eigenvalue weighted by molar-refractivity contribution is -0.697. The monoisotopic (exact) mass is 472 g/mol. The third-order valence-electron chi connectivity index (χ3n) is 7.57. The summed E-state index contributed by atoms with van der Waals surface area (Å²) in [6.45, 7) is 8.12. The molecule has 0 bridgehead atoms. The molecule has 1 heterocycles. The molecule has 0 amide bonds. The van der Waals surface area contributed by atoms with Crippen LogP contribution in [-0.2, 0) is 19.4 Å². The van der Waals surface area contributed by atoms with E-state index in [1.165, 1.54) is 161 Å². The number of nitrogens with zero attached hydrogens (tertiary/aromatic N) is 1. The molecule has 1 rings (SSSR count). The first-order chi connectivity index (χ1) is 16.8. The molecular weight excluding hydrogens is 410 g/mol. The molecule has 1 aromatic heterocycles. The standard InChI is InChI=1S/C33H62N/c1-4-7-10-13-15-17-19-21-23-26-32-28-30-34(29-25-12-9-6-3)31-33(32)27-24-22-20-18-16-14-11-8-5-2/h28,30-31H,4-27,29H2,1-3H3/q+1. The van der Waals surface area contributed by atoms with E-state index in [1.54, 1.807) is 11.1 Å². The van der Waals surface area contributed by atoms with Crippen LogP contribution in [0.15, 0.2) is 18.5 Å². The van der Waals surface area contributed by atoms with Crippen LogP contribution < -0.4 is 4.57 Å². The van der Waals surface area contributed by atoms with Crippen LogP contribution in [0.4, 0.5) is 0 Å². The summed E-state index contributed by atoms with van der Waals surface area (Å²) in [5.41, 5.74) is 3.30. The zero-order chi connectivity index (χ0) is 24.5. The van der Waals surface area contributed by atoms with Crippen molar-refractivity contribution in [3.8, 4) is 0 Å². The lowest BCUT2D eigenvalue weighted by Gasteiger charge is -2.10. The summed E-state index contributed by atoms with van der Waals surface area (Å²) in [6.07, 6.45) is 38.5. The van der Waals surface area contributed by atoms with Gasteiger partial charge in [-0.15, -0.1) is 0 Å². The molecular formula is C33H62N+. The molecule has 0 radical (unpaired) electrons. The molecule has 198 valence electrons. The van der Waals surface area contributed by atoms with E-state index >= 15 is 0 Å². The molecule has 0 spiro atoms. The van der Waals surface area contributed by atoms with Crippen molar-refractivity contribution >= 4 is 0 Å². The van der Waals surface area contributed by atoms with E-state index in [2.05, 4.69) is 43.8 Å². The van der Waals surface area contributed by atoms with E-state index in [0.717, 1.165) is 0 Å². The molecule has 1 aromatic rings. The van der Waals surface area contributed by atoms with E-state index < -0.39 is 0 Å². The van der Waals surface area contributed by atoms with Gasteiger partial charge in [0.05, 0.1) is 0 Å². The fourth-order valence-electron chi connectivity index (χ4n) is 5.20. The number of aromatic nitrogens is 1. The van der Waals surface area contributed by atoms with Gasteiger partial charge in [0.25, 0.3) is 0 Å². The summed E-state index contributed by atoms with van der Waals surface area (Å²) in [5.74, 6) is 0. The quantitative estimate of drug-likeness (QED) is 0.0983. The van der Waals surface area contributed by atoms with Crippen LogP contribution in [0.2, 0.25) is 0 Å². The Morgan fingerprint density at radius 1 is 0.441 bits per heavy atom. The van der Waals surface area contributed by atoms with Crippen LogP contribution in [0, 0.1) is 0 Å². The van der Waals surface area contributed by atoms with E-state index in [4.69, 9.17) is 0 Å². The molecule has 0 unspecified atom stereocenters. The highest BCUT2D eigenvalue weighted by atomic mass is 14.9. The van der Waals surface area contributed by atoms with Crippen molar-refractivity contribution in [3.63, 3.8) is 0 Å². The van der Waals surface area contributed by atoms with Crippen molar-refractivity contribution in [2.75, 3.05) is 0 Å². The Bertz CT molecular complexity index is 549. The zero-order valence-electron chi connectivity index (χ0n) is 23.9. The molecule has 0 N–H and O–H groups in total. The number of pyridine rings is 1. The normalized spacial score (nSPS) is 11.4. The van der Waals surface area contributed by atoms with Crippen molar-refractivity contribution < 1.29 is 4.57 Å². The maximum Gasteiger partial charge on any atom is 0.172 e. The summed E-state index contributed by atoms with van der Waals surface area (Å²) in [6, 6.07) is 2.47. The molecule has 0 aromatic carbocycles. The predicted molar refractivity (Wildman–Crippen MR) is 153 cm³/mol. The Balaban J connectivity index is 2.37. The first-order valence-electron chi connectivity index (χ1n) is 15.8. The second kappa shape index (κ2) is 23.9. The summed E-state index contributed by atoms with van der Waals surface area (Å²) >= 11 is 0. The molecule has 1 heteroatoms. The lowest BCUT2D eigenvalue weighted by Crippen LogP contribution is -2.33. The number of unbranched alkanes of at least 4 members (excludes halogenated alkanes) is 19. The van der Waals surface area contributed by atoms with Crippen molar-refractivity contribution in [1.82, 2.24) is 0 Å². The largest absolute Gasteiger partial charge is 0.205 e. The van der Waals surface area contributed by atoms with Crippen LogP contribution in [0.1, 0.15) is 173 Å². The summed E-state index contributed by atoms with van der Waals surface area (Å²) < 4.78 is 2.48. The number of aryl methyl sites for hydroxylation is 3. The van der Waals surface area contributed by atoms with E-state index in [0.29, 0.717) is 0 Å². The number of rotatable bonds is 25. The number of hydrogen-bond donors (Lipinski definition) is 0. The highest BCUT2D eigenvalue weighted by Crippen LogP contribution is 2.17. The fourth-order valence-corrected chi connectivity index (χ4v) is 5.20. The zero-order valence-corrected chi connectivity index (χ0v) is 23.9. The first kappa shape index (κ1) is 31.2. The maximum atomic E-state index is 2.51. The minimum absolute atomic E-state index is 1.20. The topological polar surface area (TPSA) is 3.88 Å². The van der Waals surface area contributed by atoms with Gasteiger partial charge in [-0.05, 0) is 37.7 Å². The molecule has 0 aliphatic rings. The minimum Gasteiger partial charge on any atom is -0.205 e. The van der Waals surface area contributed by atoms with E-state index in [1.807, 2.05) is 0 Å². The molecule has 0 fully saturated rings. The van der Waals surface area contributed by atoms with E-state index in [9.17, 15) is 0 Å². The fraction of sp³-hybridized carbons (Fsp3) is 0.848. The van der Waals surface area contributed by atoms with Crippen molar-refractivity contribution in [2.24, 2.45) is 0 Å². The first-order valence-corrected chi connectivity index (χ1v) is 15.8. The third-order valence-corrected chi connectivity index (χ3v) is 7.57. The van der Waals surface area contributed by atoms with Crippen LogP contribution in [0.3, 0.4) is 0 Å². The summed E-state index contributed by atoms with van der Waals surface area (Å²) in [5, 5.41) is 0. The van der Waals surface area contributed by atoms with Gasteiger partial charge in [0.1, 0.15) is 6.54 Å². The van der Waals surface area contributed by atoms with Gasteiger partial charge in [-0.1, -0.05) is 136 Å². The van der Waals surface area contributed by atoms with Crippen LogP contribution in [-0.4, -0.2) is 0 Å². The van der Waals surface area contributed by atoms with Gasteiger partial charge >= 0.3 is 0 Å². The van der Waals surface area contributed by atoms with Crippen LogP contribution in [0.5, 0.6) is 0 Å². The predicted octanol–water partition coefficient (Wildman–Crippen LogP) is 10.7. The SMILES string of the molecule is CCCCCCCCCCCc1cc[n+](CCCCCC)cc1CCCCCCCCCCC. The molecule has 0 saturated carbocycles. The Hall–Kier alpha value is -0.850. The molecule has 0 atom stereocenters. The van der Waals surface area contributed by atoms with Gasteiger partial charge in [-0.2, -0.15) is 0 Å². The van der Waals surface area contributed by atoms with Gasteiger partial charge in [-0.25, -0.2) is 4.57 Å². The summed E-state index contributed by atoms with van der Waals surface area (Å²) in [7, 11) is 0. The van der Waals surface area contributed by atoms with E-state index in [-0.39, 0.29) is 0 Å². The lowest BCUT2D eigenvalue weighted by atomic mass is 9.97. The smallest absolute Gasteiger partial charge is 0.172 e. The van der Waals surface area contributed by atoms with Crippen molar-refractivity contribution in [2.45, 2.75) is 181 Å². The van der Waals surface area contributed by atoms with Gasteiger partial charge in [0.15, 0.2) is 12.4 Å². The van der Waals surface area contributed by atoms with Gasteiger partial charge in [0, 0.05) is 18.1 Å². The average molecular weight is 473 g/mol. The van der Waals surface area contributed by atoms with Gasteiger partial charge in [0.2, 0.25) is 0 Å². The molecule has 34 heavy (non-hydrogen) atoms. The van der Waals surface area contributed by atoms with Crippen molar-refractivity contribution in [1.29, 1.82) is 0 Å². The third kappa shape index (κ3) is 17.6. The highest BCUT2D eigenvalue weighted by Gasteiger charge is 2.10. The Labute approximate surface area is 215 Å². The summed E-state index contributed by atoms with van der Waals surface area (Å²) in [4.78, 5) is 0. The molecule has 1 nitrogen and oxygen atoms in total. The van der Waals surface area contributed by atoms with Gasteiger partial charge in [-0.3, -0.25) is 0 Å². The second-order valence-corrected chi connectivity index (χ2v) is 11.0. The number of hydrogen-bond acceptors (Lipinski definition) is 0. The highest BCUT2D eigenvalue weighted by molar-refractivity contribution is 5.21. The second-order valence-electron chi connectivity index (χ2n) is 11.0. The minimum atomic E-state index is 1.20. The molecule has 0 saturated heterocycles. The Morgan fingerprint density at radius 2 is 0.824 bits per heavy atom. The molecule has 0 aliphatic carbocycles. The average Bonchev–Trinajstić information content (AvgIpc) is 2.85. The van der Waals surface area contributed by atoms with Crippen LogP contribution in [0.25, 0.3) is 0 Å². The van der Waals surface area contributed by atoms with Crippen molar-refractivity contribution in [3.05, 3.63) is 29.6 Å². The molecule has 0 aliphatic heterocycles. The maximum absolute atomic E-state index is 2.51.